The minimum atomic E-state index is -4.40. The summed E-state index contributed by atoms with van der Waals surface area (Å²) in [6.07, 6.45) is -3.23. The number of halogens is 3. The lowest BCUT2D eigenvalue weighted by molar-refractivity contribution is -0.153. The average Bonchev–Trinajstić information content (AvgIpc) is 2.80. The third kappa shape index (κ3) is 4.93. The second kappa shape index (κ2) is 6.34. The highest BCUT2D eigenvalue weighted by molar-refractivity contribution is 5.69. The van der Waals surface area contributed by atoms with Gasteiger partial charge in [-0.05, 0) is 23.6 Å². The lowest BCUT2D eigenvalue weighted by atomic mass is 10.1. The van der Waals surface area contributed by atoms with Crippen molar-refractivity contribution in [3.63, 3.8) is 0 Å². The van der Waals surface area contributed by atoms with Gasteiger partial charge < -0.3 is 9.84 Å². The summed E-state index contributed by atoms with van der Waals surface area (Å²) in [6.45, 7) is -1.16. The smallest absolute Gasteiger partial charge is 0.401 e. The predicted molar refractivity (Wildman–Crippen MR) is 69.5 cm³/mol. The number of hydrogen-bond donors (Lipinski definition) is 1. The van der Waals surface area contributed by atoms with Crippen LogP contribution in [-0.2, 0) is 17.6 Å². The molecule has 0 amide bonds. The molecule has 0 radical (unpaired) electrons. The molecule has 0 aromatic heterocycles. The summed E-state index contributed by atoms with van der Waals surface area (Å²) in [5, 5.41) is 8.68. The Kier molecular flexibility index (Phi) is 4.72. The van der Waals surface area contributed by atoms with Crippen LogP contribution in [0.25, 0.3) is 0 Å². The Morgan fingerprint density at radius 3 is 2.81 bits per heavy atom. The maximum Gasteiger partial charge on any atom is 0.401 e. The summed E-state index contributed by atoms with van der Waals surface area (Å²) in [7, 11) is 0. The van der Waals surface area contributed by atoms with E-state index >= 15 is 0 Å². The van der Waals surface area contributed by atoms with Crippen molar-refractivity contribution in [2.24, 2.45) is 0 Å². The Balaban J connectivity index is 1.95. The average molecular weight is 303 g/mol. The van der Waals surface area contributed by atoms with E-state index in [0.29, 0.717) is 13.0 Å². The van der Waals surface area contributed by atoms with Crippen molar-refractivity contribution in [1.29, 1.82) is 0 Å². The zero-order valence-corrected chi connectivity index (χ0v) is 11.3. The van der Waals surface area contributed by atoms with Gasteiger partial charge in [-0.3, -0.25) is 9.69 Å². The summed E-state index contributed by atoms with van der Waals surface area (Å²) in [4.78, 5) is 11.5. The lowest BCUT2D eigenvalue weighted by Crippen LogP contribution is -2.39. The summed E-state index contributed by atoms with van der Waals surface area (Å²) in [5.74, 6) is -0.446. The molecule has 1 aliphatic heterocycles. The minimum absolute atomic E-state index is 0.0471. The largest absolute Gasteiger partial charge is 0.493 e. The molecule has 0 atom stereocenters. The van der Waals surface area contributed by atoms with E-state index in [0.717, 1.165) is 28.2 Å². The summed E-state index contributed by atoms with van der Waals surface area (Å²) < 4.78 is 42.6. The van der Waals surface area contributed by atoms with E-state index in [9.17, 15) is 18.0 Å². The van der Waals surface area contributed by atoms with Gasteiger partial charge in [0, 0.05) is 13.0 Å². The van der Waals surface area contributed by atoms with Gasteiger partial charge in [-0.25, -0.2) is 0 Å². The third-order valence-electron chi connectivity index (χ3n) is 3.23. The number of rotatable bonds is 6. The number of hydrogen-bond acceptors (Lipinski definition) is 3. The number of aliphatic carboxylic acids is 1. The van der Waals surface area contributed by atoms with Gasteiger partial charge in [-0.15, -0.1) is 0 Å². The number of carbonyl (C=O) groups is 1. The quantitative estimate of drug-likeness (QED) is 0.874. The molecule has 21 heavy (non-hydrogen) atoms. The molecule has 0 spiro atoms. The van der Waals surface area contributed by atoms with Crippen molar-refractivity contribution in [1.82, 2.24) is 4.90 Å². The van der Waals surface area contributed by atoms with Gasteiger partial charge in [-0.2, -0.15) is 13.2 Å². The van der Waals surface area contributed by atoms with E-state index in [1.165, 1.54) is 0 Å². The number of benzene rings is 1. The van der Waals surface area contributed by atoms with Crippen LogP contribution in [0.1, 0.15) is 11.1 Å². The van der Waals surface area contributed by atoms with Crippen molar-refractivity contribution in [3.8, 4) is 5.75 Å². The van der Waals surface area contributed by atoms with Gasteiger partial charge in [0.15, 0.2) is 0 Å². The van der Waals surface area contributed by atoms with Crippen molar-refractivity contribution >= 4 is 5.97 Å². The molecule has 0 bridgehead atoms. The molecule has 1 N–H and O–H groups in total. The van der Waals surface area contributed by atoms with Gasteiger partial charge >= 0.3 is 12.1 Å². The number of alkyl halides is 3. The third-order valence-corrected chi connectivity index (χ3v) is 3.23. The highest BCUT2D eigenvalue weighted by Crippen LogP contribution is 2.26. The molecule has 2 rings (SSSR count). The molecule has 0 aliphatic carbocycles. The number of carboxylic acid groups (broad SMARTS) is 1. The van der Waals surface area contributed by atoms with E-state index < -0.39 is 25.2 Å². The van der Waals surface area contributed by atoms with E-state index in [-0.39, 0.29) is 6.54 Å². The Hall–Kier alpha value is -1.76. The molecule has 1 aromatic carbocycles. The molecule has 0 saturated heterocycles. The normalized spacial score (nSPS) is 14.1. The maximum atomic E-state index is 12.4. The number of carboxylic acids is 1. The Labute approximate surface area is 120 Å². The topological polar surface area (TPSA) is 49.8 Å². The second-order valence-electron chi connectivity index (χ2n) is 5.01. The van der Waals surface area contributed by atoms with Crippen LogP contribution < -0.4 is 4.74 Å². The first kappa shape index (κ1) is 15.6. The Morgan fingerprint density at radius 1 is 1.38 bits per heavy atom. The first-order valence-electron chi connectivity index (χ1n) is 6.59. The number of ether oxygens (including phenoxy) is 1. The maximum absolute atomic E-state index is 12.4. The SMILES string of the molecule is O=C(O)CN(CCc1ccc2c(c1)CCO2)CC(F)(F)F. The van der Waals surface area contributed by atoms with Crippen LogP contribution in [0.5, 0.6) is 5.75 Å². The van der Waals surface area contributed by atoms with E-state index in [4.69, 9.17) is 9.84 Å². The molecule has 116 valence electrons. The fourth-order valence-electron chi connectivity index (χ4n) is 2.34. The molecule has 7 heteroatoms. The fourth-order valence-corrected chi connectivity index (χ4v) is 2.34. The van der Waals surface area contributed by atoms with Crippen molar-refractivity contribution in [3.05, 3.63) is 29.3 Å². The zero-order valence-electron chi connectivity index (χ0n) is 11.3. The molecule has 1 aliphatic rings. The zero-order chi connectivity index (χ0) is 15.5. The summed E-state index contributed by atoms with van der Waals surface area (Å²) in [6, 6.07) is 5.52. The van der Waals surface area contributed by atoms with Crippen LogP contribution in [0.2, 0.25) is 0 Å². The van der Waals surface area contributed by atoms with E-state index in [2.05, 4.69) is 0 Å². The monoisotopic (exact) mass is 303 g/mol. The Morgan fingerprint density at radius 2 is 2.14 bits per heavy atom. The van der Waals surface area contributed by atoms with Crippen LogP contribution in [0.15, 0.2) is 18.2 Å². The van der Waals surface area contributed by atoms with Crippen LogP contribution in [0.4, 0.5) is 13.2 Å². The molecule has 0 saturated carbocycles. The van der Waals surface area contributed by atoms with Crippen molar-refractivity contribution < 1.29 is 27.8 Å². The first-order valence-corrected chi connectivity index (χ1v) is 6.59. The van der Waals surface area contributed by atoms with Gasteiger partial charge in [-0.1, -0.05) is 12.1 Å². The van der Waals surface area contributed by atoms with Crippen molar-refractivity contribution in [2.45, 2.75) is 19.0 Å². The molecular formula is C14H16F3NO3. The summed E-state index contributed by atoms with van der Waals surface area (Å²) in [5.41, 5.74) is 1.94. The molecular weight excluding hydrogens is 287 g/mol. The molecule has 4 nitrogen and oxygen atoms in total. The van der Waals surface area contributed by atoms with Gasteiger partial charge in [0.05, 0.1) is 19.7 Å². The van der Waals surface area contributed by atoms with Crippen LogP contribution in [0.3, 0.4) is 0 Å². The van der Waals surface area contributed by atoms with Gasteiger partial charge in [0.25, 0.3) is 0 Å². The van der Waals surface area contributed by atoms with E-state index in [1.807, 2.05) is 12.1 Å². The molecule has 0 fully saturated rings. The lowest BCUT2D eigenvalue weighted by Gasteiger charge is -2.21. The first-order chi connectivity index (χ1) is 9.83. The standard InChI is InChI=1S/C14H16F3NO3/c15-14(16,17)9-18(8-13(19)20)5-3-10-1-2-12-11(7-10)4-6-21-12/h1-2,7H,3-6,8-9H2,(H,19,20). The molecule has 1 heterocycles. The Bertz CT molecular complexity index is 517. The minimum Gasteiger partial charge on any atom is -0.493 e. The molecule has 0 unspecified atom stereocenters. The van der Waals surface area contributed by atoms with Gasteiger partial charge in [0.2, 0.25) is 0 Å². The van der Waals surface area contributed by atoms with Crippen LogP contribution >= 0.6 is 0 Å². The molecule has 1 aromatic rings. The number of fused-ring (bicyclic) bond motifs is 1. The van der Waals surface area contributed by atoms with Gasteiger partial charge in [0.1, 0.15) is 5.75 Å². The highest BCUT2D eigenvalue weighted by Gasteiger charge is 2.31. The van der Waals surface area contributed by atoms with E-state index in [1.54, 1.807) is 6.07 Å². The highest BCUT2D eigenvalue weighted by atomic mass is 19.4. The summed E-state index contributed by atoms with van der Waals surface area (Å²) >= 11 is 0. The van der Waals surface area contributed by atoms with Crippen LogP contribution in [-0.4, -0.2) is 48.4 Å². The van der Waals surface area contributed by atoms with Crippen LogP contribution in [0, 0.1) is 0 Å². The predicted octanol–water partition coefficient (Wildman–Crippen LogP) is 2.11. The van der Waals surface area contributed by atoms with Crippen molar-refractivity contribution in [2.75, 3.05) is 26.2 Å². The fraction of sp³-hybridized carbons (Fsp3) is 0.500. The number of nitrogens with zero attached hydrogens (tertiary/aromatic N) is 1. The second-order valence-corrected chi connectivity index (χ2v) is 5.01.